The number of hydrogen-bond donors (Lipinski definition) is 0. The maximum Gasteiger partial charge on any atom is 0.269 e. The van der Waals surface area contributed by atoms with Gasteiger partial charge in [-0.3, -0.25) is 10.1 Å². The first-order valence-corrected chi connectivity index (χ1v) is 6.04. The van der Waals surface area contributed by atoms with E-state index in [0.717, 1.165) is 17.8 Å². The fourth-order valence-corrected chi connectivity index (χ4v) is 1.91. The second-order valence-electron chi connectivity index (χ2n) is 4.00. The number of non-ortho nitro benzene ring substituents is 1. The zero-order valence-corrected chi connectivity index (χ0v) is 10.9. The molecule has 5 nitrogen and oxygen atoms in total. The van der Waals surface area contributed by atoms with Crippen LogP contribution < -0.4 is 0 Å². The van der Waals surface area contributed by atoms with Gasteiger partial charge >= 0.3 is 0 Å². The van der Waals surface area contributed by atoms with Crippen LogP contribution in [0.15, 0.2) is 24.3 Å². The highest BCUT2D eigenvalue weighted by molar-refractivity contribution is 6.29. The summed E-state index contributed by atoms with van der Waals surface area (Å²) in [4.78, 5) is 10.1. The molecule has 0 amide bonds. The minimum atomic E-state index is -0.564. The Labute approximate surface area is 113 Å². The summed E-state index contributed by atoms with van der Waals surface area (Å²) in [6.07, 6.45) is 0.712. The molecule has 0 atom stereocenters. The van der Waals surface area contributed by atoms with E-state index in [4.69, 9.17) is 11.6 Å². The number of aromatic nitrogens is 2. The lowest BCUT2D eigenvalue weighted by atomic mass is 10.2. The molecule has 0 saturated heterocycles. The van der Waals surface area contributed by atoms with Crippen LogP contribution in [-0.2, 0) is 13.0 Å². The molecule has 0 fully saturated rings. The molecule has 2 aromatic rings. The van der Waals surface area contributed by atoms with Crippen LogP contribution in [-0.4, -0.2) is 14.7 Å². The van der Waals surface area contributed by atoms with Gasteiger partial charge in [0.05, 0.1) is 17.2 Å². The van der Waals surface area contributed by atoms with E-state index in [0.29, 0.717) is 11.6 Å². The van der Waals surface area contributed by atoms with Crippen molar-refractivity contribution in [3.63, 3.8) is 0 Å². The van der Waals surface area contributed by atoms with E-state index in [1.54, 1.807) is 6.07 Å². The van der Waals surface area contributed by atoms with E-state index < -0.39 is 10.7 Å². The molecule has 0 aliphatic heterocycles. The third-order valence-electron chi connectivity index (χ3n) is 2.70. The van der Waals surface area contributed by atoms with Crippen LogP contribution >= 0.6 is 11.6 Å². The standard InChI is InChI=1S/C12H11ClFN3O2/c1-2-9-6-12(13)16(15-9)7-8-5-10(17(18)19)3-4-11(8)14/h3-6H,2,7H2,1H3. The Morgan fingerprint density at radius 2 is 2.21 bits per heavy atom. The van der Waals surface area contributed by atoms with Crippen molar-refractivity contribution in [2.45, 2.75) is 19.9 Å². The van der Waals surface area contributed by atoms with Crippen molar-refractivity contribution in [1.29, 1.82) is 0 Å². The van der Waals surface area contributed by atoms with Gasteiger partial charge in [0.15, 0.2) is 0 Å². The number of nitro groups is 1. The van der Waals surface area contributed by atoms with E-state index in [9.17, 15) is 14.5 Å². The maximum atomic E-state index is 13.6. The summed E-state index contributed by atoms with van der Waals surface area (Å²) in [6.45, 7) is 1.99. The zero-order chi connectivity index (χ0) is 14.0. The van der Waals surface area contributed by atoms with Gasteiger partial charge in [-0.25, -0.2) is 9.07 Å². The summed E-state index contributed by atoms with van der Waals surface area (Å²) >= 11 is 5.97. The van der Waals surface area contributed by atoms with Gasteiger partial charge in [-0.2, -0.15) is 5.10 Å². The molecule has 0 saturated carbocycles. The summed E-state index contributed by atoms with van der Waals surface area (Å²) in [7, 11) is 0. The summed E-state index contributed by atoms with van der Waals surface area (Å²) < 4.78 is 15.1. The average Bonchev–Trinajstić information content (AvgIpc) is 2.72. The van der Waals surface area contributed by atoms with Crippen LogP contribution in [0.2, 0.25) is 5.15 Å². The third kappa shape index (κ3) is 2.90. The number of halogens is 2. The number of aryl methyl sites for hydroxylation is 1. The van der Waals surface area contributed by atoms with Gasteiger partial charge in [0.2, 0.25) is 0 Å². The van der Waals surface area contributed by atoms with Crippen molar-refractivity contribution in [3.05, 3.63) is 56.6 Å². The smallest absolute Gasteiger partial charge is 0.258 e. The molecular weight excluding hydrogens is 273 g/mol. The number of nitrogens with zero attached hydrogens (tertiary/aromatic N) is 3. The molecule has 0 radical (unpaired) electrons. The number of nitro benzene ring substituents is 1. The van der Waals surface area contributed by atoms with Gasteiger partial charge in [-0.15, -0.1) is 0 Å². The lowest BCUT2D eigenvalue weighted by Crippen LogP contribution is -2.05. The SMILES string of the molecule is CCc1cc(Cl)n(Cc2cc([N+](=O)[O-])ccc2F)n1. The molecule has 7 heteroatoms. The second-order valence-corrected chi connectivity index (χ2v) is 4.39. The number of rotatable bonds is 4. The molecule has 0 N–H and O–H groups in total. The quantitative estimate of drug-likeness (QED) is 0.639. The predicted molar refractivity (Wildman–Crippen MR) is 68.8 cm³/mol. The topological polar surface area (TPSA) is 61.0 Å². The molecule has 1 aromatic heterocycles. The summed E-state index contributed by atoms with van der Waals surface area (Å²) in [5.74, 6) is -0.518. The average molecular weight is 284 g/mol. The molecule has 1 aromatic carbocycles. The Hall–Kier alpha value is -1.95. The van der Waals surface area contributed by atoms with Crippen LogP contribution in [0, 0.1) is 15.9 Å². The molecule has 0 aliphatic rings. The van der Waals surface area contributed by atoms with Crippen molar-refractivity contribution in [1.82, 2.24) is 9.78 Å². The van der Waals surface area contributed by atoms with Gasteiger partial charge < -0.3 is 0 Å². The summed E-state index contributed by atoms with van der Waals surface area (Å²) in [5, 5.41) is 15.2. The molecule has 2 rings (SSSR count). The molecular formula is C12H11ClFN3O2. The maximum absolute atomic E-state index is 13.6. The van der Waals surface area contributed by atoms with Crippen LogP contribution in [0.4, 0.5) is 10.1 Å². The molecule has 0 bridgehead atoms. The Kier molecular flexibility index (Phi) is 3.80. The lowest BCUT2D eigenvalue weighted by Gasteiger charge is -2.05. The van der Waals surface area contributed by atoms with Crippen LogP contribution in [0.1, 0.15) is 18.2 Å². The highest BCUT2D eigenvalue weighted by Crippen LogP contribution is 2.20. The van der Waals surface area contributed by atoms with Crippen molar-refractivity contribution in [3.8, 4) is 0 Å². The molecule has 100 valence electrons. The predicted octanol–water partition coefficient (Wildman–Crippen LogP) is 3.19. The fourth-order valence-electron chi connectivity index (χ4n) is 1.68. The van der Waals surface area contributed by atoms with Gasteiger partial charge in [-0.05, 0) is 18.6 Å². The first kappa shape index (κ1) is 13.5. The highest BCUT2D eigenvalue weighted by Gasteiger charge is 2.13. The molecule has 19 heavy (non-hydrogen) atoms. The summed E-state index contributed by atoms with van der Waals surface area (Å²) in [5.41, 5.74) is 0.813. The van der Waals surface area contributed by atoms with E-state index >= 15 is 0 Å². The largest absolute Gasteiger partial charge is 0.269 e. The molecule has 0 aliphatic carbocycles. The van der Waals surface area contributed by atoms with Crippen LogP contribution in [0.25, 0.3) is 0 Å². The normalized spacial score (nSPS) is 10.7. The summed E-state index contributed by atoms with van der Waals surface area (Å²) in [6, 6.07) is 5.09. The van der Waals surface area contributed by atoms with Crippen molar-refractivity contribution in [2.75, 3.05) is 0 Å². The van der Waals surface area contributed by atoms with E-state index in [2.05, 4.69) is 5.10 Å². The minimum absolute atomic E-state index is 0.0619. The van der Waals surface area contributed by atoms with Crippen LogP contribution in [0.5, 0.6) is 0 Å². The molecule has 0 spiro atoms. The lowest BCUT2D eigenvalue weighted by molar-refractivity contribution is -0.385. The van der Waals surface area contributed by atoms with Gasteiger partial charge in [0.25, 0.3) is 5.69 Å². The second kappa shape index (κ2) is 5.36. The number of benzene rings is 1. The van der Waals surface area contributed by atoms with Crippen LogP contribution in [0.3, 0.4) is 0 Å². The van der Waals surface area contributed by atoms with E-state index in [1.807, 2.05) is 6.92 Å². The Balaban J connectivity index is 2.34. The van der Waals surface area contributed by atoms with Gasteiger partial charge in [0.1, 0.15) is 11.0 Å². The molecule has 1 heterocycles. The van der Waals surface area contributed by atoms with Crippen molar-refractivity contribution >= 4 is 17.3 Å². The van der Waals surface area contributed by atoms with Gasteiger partial charge in [-0.1, -0.05) is 18.5 Å². The Morgan fingerprint density at radius 3 is 2.79 bits per heavy atom. The first-order valence-electron chi connectivity index (χ1n) is 5.66. The Morgan fingerprint density at radius 1 is 1.47 bits per heavy atom. The van der Waals surface area contributed by atoms with Gasteiger partial charge in [0, 0.05) is 17.7 Å². The Bertz CT molecular complexity index is 627. The third-order valence-corrected chi connectivity index (χ3v) is 3.01. The zero-order valence-electron chi connectivity index (χ0n) is 10.1. The minimum Gasteiger partial charge on any atom is -0.258 e. The van der Waals surface area contributed by atoms with Crippen molar-refractivity contribution in [2.24, 2.45) is 0 Å². The monoisotopic (exact) mass is 283 g/mol. The van der Waals surface area contributed by atoms with Crippen molar-refractivity contribution < 1.29 is 9.31 Å². The van der Waals surface area contributed by atoms with E-state index in [1.165, 1.54) is 10.7 Å². The first-order chi connectivity index (χ1) is 9.01. The number of hydrogen-bond acceptors (Lipinski definition) is 3. The fraction of sp³-hybridized carbons (Fsp3) is 0.250. The molecule has 0 unspecified atom stereocenters. The highest BCUT2D eigenvalue weighted by atomic mass is 35.5. The van der Waals surface area contributed by atoms with E-state index in [-0.39, 0.29) is 17.8 Å².